The zero-order chi connectivity index (χ0) is 12.6. The van der Waals surface area contributed by atoms with Crippen LogP contribution in [0.3, 0.4) is 0 Å². The molecule has 0 amide bonds. The number of fused-ring (bicyclic) bond motifs is 1. The van der Waals surface area contributed by atoms with Crippen LogP contribution in [0, 0.1) is 5.95 Å². The first-order valence-electron chi connectivity index (χ1n) is 4.76. The lowest BCUT2D eigenvalue weighted by atomic mass is 10.1. The Morgan fingerprint density at radius 3 is 2.65 bits per heavy atom. The van der Waals surface area contributed by atoms with E-state index < -0.39 is 18.7 Å². The number of hydrogen-bond acceptors (Lipinski definition) is 1. The number of benzene rings is 1. The molecule has 0 unspecified atom stereocenters. The van der Waals surface area contributed by atoms with Crippen molar-refractivity contribution in [3.8, 4) is 0 Å². The molecule has 0 aliphatic carbocycles. The molecule has 2 aromatic rings. The summed E-state index contributed by atoms with van der Waals surface area (Å²) in [7, 11) is 0. The predicted octanol–water partition coefficient (Wildman–Crippen LogP) is 3.38. The van der Waals surface area contributed by atoms with Gasteiger partial charge in [-0.25, -0.2) is 0 Å². The maximum Gasteiger partial charge on any atom is 0.408 e. The molecule has 6 heteroatoms. The second-order valence-electron chi connectivity index (χ2n) is 3.54. The highest BCUT2D eigenvalue weighted by Gasteiger charge is 2.29. The number of hydrogen-bond donors (Lipinski definition) is 0. The molecule has 0 fully saturated rings. The Bertz CT molecular complexity index is 569. The molecule has 90 valence electrons. The minimum atomic E-state index is -4.43. The Morgan fingerprint density at radius 2 is 2.06 bits per heavy atom. The van der Waals surface area contributed by atoms with Gasteiger partial charge in [0.2, 0.25) is 5.95 Å². The minimum absolute atomic E-state index is 0.0693. The third kappa shape index (κ3) is 2.30. The van der Waals surface area contributed by atoms with Gasteiger partial charge in [0.1, 0.15) is 6.54 Å². The zero-order valence-corrected chi connectivity index (χ0v) is 8.63. The maximum absolute atomic E-state index is 13.3. The van der Waals surface area contributed by atoms with Crippen molar-refractivity contribution in [2.24, 2.45) is 0 Å². The van der Waals surface area contributed by atoms with Crippen LogP contribution in [0.2, 0.25) is 0 Å². The molecule has 0 aliphatic rings. The van der Waals surface area contributed by atoms with Crippen LogP contribution >= 0.6 is 0 Å². The van der Waals surface area contributed by atoms with Crippen LogP contribution in [0.15, 0.2) is 24.8 Å². The molecule has 0 bridgehead atoms. The van der Waals surface area contributed by atoms with Crippen LogP contribution in [0.25, 0.3) is 17.0 Å². The van der Waals surface area contributed by atoms with Gasteiger partial charge in [0.05, 0.1) is 10.9 Å². The highest BCUT2D eigenvalue weighted by atomic mass is 19.4. The van der Waals surface area contributed by atoms with Gasteiger partial charge in [0.15, 0.2) is 0 Å². The molecular formula is C11H8F4N2. The first kappa shape index (κ1) is 11.6. The van der Waals surface area contributed by atoms with Gasteiger partial charge in [-0.2, -0.15) is 17.6 Å². The van der Waals surface area contributed by atoms with E-state index in [0.29, 0.717) is 10.2 Å². The summed E-state index contributed by atoms with van der Waals surface area (Å²) in [6, 6.07) is 4.38. The fourth-order valence-electron chi connectivity index (χ4n) is 1.57. The van der Waals surface area contributed by atoms with Crippen LogP contribution < -0.4 is 0 Å². The first-order chi connectivity index (χ1) is 7.90. The summed E-state index contributed by atoms with van der Waals surface area (Å²) in [6.45, 7) is 2.19. The molecule has 1 aromatic carbocycles. The van der Waals surface area contributed by atoms with Gasteiger partial charge >= 0.3 is 6.18 Å². The van der Waals surface area contributed by atoms with Gasteiger partial charge in [0, 0.05) is 0 Å². The fraction of sp³-hybridized carbons (Fsp3) is 0.182. The summed E-state index contributed by atoms with van der Waals surface area (Å²) in [6.07, 6.45) is -2.96. The van der Waals surface area contributed by atoms with Crippen LogP contribution in [-0.2, 0) is 6.54 Å². The van der Waals surface area contributed by atoms with E-state index in [2.05, 4.69) is 11.7 Å². The second-order valence-corrected chi connectivity index (χ2v) is 3.54. The van der Waals surface area contributed by atoms with Gasteiger partial charge in [0.25, 0.3) is 0 Å². The monoisotopic (exact) mass is 244 g/mol. The average Bonchev–Trinajstić information content (AvgIpc) is 2.53. The van der Waals surface area contributed by atoms with Crippen LogP contribution in [0.5, 0.6) is 0 Å². The lowest BCUT2D eigenvalue weighted by molar-refractivity contribution is -0.142. The van der Waals surface area contributed by atoms with Crippen molar-refractivity contribution < 1.29 is 17.6 Å². The number of halogens is 4. The predicted molar refractivity (Wildman–Crippen MR) is 55.8 cm³/mol. The van der Waals surface area contributed by atoms with E-state index in [0.717, 1.165) is 0 Å². The van der Waals surface area contributed by atoms with Crippen molar-refractivity contribution in [2.75, 3.05) is 0 Å². The summed E-state index contributed by atoms with van der Waals surface area (Å²) in [5.41, 5.74) is 0.720. The van der Waals surface area contributed by atoms with Crippen LogP contribution in [0.1, 0.15) is 5.56 Å². The topological polar surface area (TPSA) is 17.8 Å². The summed E-state index contributed by atoms with van der Waals surface area (Å²) in [5.74, 6) is -0.903. The van der Waals surface area contributed by atoms with Gasteiger partial charge in [-0.05, 0) is 17.7 Å². The average molecular weight is 244 g/mol. The molecule has 0 aliphatic heterocycles. The quantitative estimate of drug-likeness (QED) is 0.740. The smallest absolute Gasteiger partial charge is 0.253 e. The Labute approximate surface area is 94.2 Å². The third-order valence-electron chi connectivity index (χ3n) is 2.30. The summed E-state index contributed by atoms with van der Waals surface area (Å²) in [5, 5.41) is 3.32. The molecule has 2 nitrogen and oxygen atoms in total. The molecule has 17 heavy (non-hydrogen) atoms. The number of alkyl halides is 3. The number of aromatic nitrogens is 2. The van der Waals surface area contributed by atoms with Crippen molar-refractivity contribution in [3.05, 3.63) is 36.3 Å². The third-order valence-corrected chi connectivity index (χ3v) is 2.30. The highest BCUT2D eigenvalue weighted by Crippen LogP contribution is 2.24. The van der Waals surface area contributed by atoms with Crippen molar-refractivity contribution in [2.45, 2.75) is 12.7 Å². The summed E-state index contributed by atoms with van der Waals surface area (Å²) < 4.78 is 50.7. The lowest BCUT2D eigenvalue weighted by Crippen LogP contribution is -2.18. The Balaban J connectivity index is 2.59. The van der Waals surface area contributed by atoms with E-state index in [-0.39, 0.29) is 10.9 Å². The molecule has 0 radical (unpaired) electrons. The van der Waals surface area contributed by atoms with Gasteiger partial charge in [-0.3, -0.25) is 4.68 Å². The number of rotatable bonds is 2. The molecule has 2 rings (SSSR count). The molecule has 0 spiro atoms. The van der Waals surface area contributed by atoms with Crippen LogP contribution in [-0.4, -0.2) is 16.0 Å². The summed E-state index contributed by atoms with van der Waals surface area (Å²) >= 11 is 0. The van der Waals surface area contributed by atoms with Gasteiger partial charge in [-0.15, -0.1) is 5.10 Å². The molecule has 1 heterocycles. The largest absolute Gasteiger partial charge is 0.408 e. The zero-order valence-electron chi connectivity index (χ0n) is 8.63. The Hall–Kier alpha value is -1.85. The molecule has 0 atom stereocenters. The summed E-state index contributed by atoms with van der Waals surface area (Å²) in [4.78, 5) is 0. The van der Waals surface area contributed by atoms with Gasteiger partial charge < -0.3 is 0 Å². The SMILES string of the molecule is C=Cc1ccc2c(F)nn(CC(F)(F)F)c2c1. The van der Waals surface area contributed by atoms with E-state index in [1.54, 1.807) is 6.07 Å². The van der Waals surface area contributed by atoms with Crippen molar-refractivity contribution in [1.29, 1.82) is 0 Å². The first-order valence-corrected chi connectivity index (χ1v) is 4.76. The normalized spacial score (nSPS) is 12.0. The van der Waals surface area contributed by atoms with E-state index >= 15 is 0 Å². The van der Waals surface area contributed by atoms with Crippen molar-refractivity contribution in [1.82, 2.24) is 9.78 Å². The van der Waals surface area contributed by atoms with E-state index in [1.165, 1.54) is 18.2 Å². The minimum Gasteiger partial charge on any atom is -0.253 e. The Kier molecular flexibility index (Phi) is 2.65. The van der Waals surface area contributed by atoms with E-state index in [4.69, 9.17) is 0 Å². The standard InChI is InChI=1S/C11H8F4N2/c1-2-7-3-4-8-9(5-7)17(16-10(8)12)6-11(13,14)15/h2-5H,1,6H2. The van der Waals surface area contributed by atoms with Gasteiger partial charge in [-0.1, -0.05) is 18.7 Å². The molecular weight excluding hydrogens is 236 g/mol. The lowest BCUT2D eigenvalue weighted by Gasteiger charge is -2.07. The fourth-order valence-corrected chi connectivity index (χ4v) is 1.57. The second kappa shape index (κ2) is 3.87. The van der Waals surface area contributed by atoms with Crippen LogP contribution in [0.4, 0.5) is 17.6 Å². The van der Waals surface area contributed by atoms with E-state index in [1.807, 2.05) is 0 Å². The molecule has 0 saturated carbocycles. The number of nitrogens with zero attached hydrogens (tertiary/aromatic N) is 2. The van der Waals surface area contributed by atoms with Crippen molar-refractivity contribution >= 4 is 17.0 Å². The highest BCUT2D eigenvalue weighted by molar-refractivity contribution is 5.81. The molecule has 1 aromatic heterocycles. The maximum atomic E-state index is 13.3. The molecule has 0 N–H and O–H groups in total. The molecule has 0 saturated heterocycles. The van der Waals surface area contributed by atoms with E-state index in [9.17, 15) is 17.6 Å². The Morgan fingerprint density at radius 1 is 1.35 bits per heavy atom. The van der Waals surface area contributed by atoms with Crippen molar-refractivity contribution in [3.63, 3.8) is 0 Å².